The Kier molecular flexibility index (Phi) is 7.64. The number of nitrogens with one attached hydrogen (secondary N) is 1. The molecule has 0 heterocycles. The highest BCUT2D eigenvalue weighted by molar-refractivity contribution is 5.97. The highest BCUT2D eigenvalue weighted by Gasteiger charge is 2.07. The van der Waals surface area contributed by atoms with Crippen molar-refractivity contribution in [2.24, 2.45) is 5.73 Å². The zero-order valence-electron chi connectivity index (χ0n) is 12.0. The molecule has 6 nitrogen and oxygen atoms in total. The fraction of sp³-hybridized carbons (Fsp3) is 0.500. The van der Waals surface area contributed by atoms with E-state index in [0.717, 1.165) is 5.56 Å². The van der Waals surface area contributed by atoms with E-state index in [0.29, 0.717) is 44.3 Å². The van der Waals surface area contributed by atoms with Gasteiger partial charge in [0.1, 0.15) is 11.6 Å². The predicted octanol–water partition coefficient (Wildman–Crippen LogP) is 1.16. The fourth-order valence-electron chi connectivity index (χ4n) is 1.61. The maximum atomic E-state index is 7.51. The maximum absolute atomic E-state index is 7.51. The van der Waals surface area contributed by atoms with E-state index in [-0.39, 0.29) is 5.84 Å². The van der Waals surface area contributed by atoms with Gasteiger partial charge in [-0.1, -0.05) is 6.07 Å². The molecule has 1 aromatic carbocycles. The van der Waals surface area contributed by atoms with Crippen molar-refractivity contribution in [2.75, 3.05) is 40.6 Å². The zero-order valence-corrected chi connectivity index (χ0v) is 12.0. The van der Waals surface area contributed by atoms with Gasteiger partial charge in [-0.15, -0.1) is 0 Å². The Hall–Kier alpha value is -1.63. The van der Waals surface area contributed by atoms with Crippen molar-refractivity contribution >= 4 is 5.84 Å². The van der Waals surface area contributed by atoms with Crippen LogP contribution in [0.3, 0.4) is 0 Å². The number of ether oxygens (including phenoxy) is 4. The van der Waals surface area contributed by atoms with E-state index in [1.807, 2.05) is 6.07 Å². The van der Waals surface area contributed by atoms with Gasteiger partial charge in [-0.25, -0.2) is 0 Å². The van der Waals surface area contributed by atoms with Gasteiger partial charge < -0.3 is 24.7 Å². The van der Waals surface area contributed by atoms with E-state index in [9.17, 15) is 0 Å². The summed E-state index contributed by atoms with van der Waals surface area (Å²) in [6.07, 6.45) is 0. The number of benzene rings is 1. The van der Waals surface area contributed by atoms with Gasteiger partial charge in [0.05, 0.1) is 45.7 Å². The normalized spacial score (nSPS) is 10.5. The van der Waals surface area contributed by atoms with E-state index in [2.05, 4.69) is 0 Å². The molecular formula is C14H22N2O4. The Morgan fingerprint density at radius 2 is 1.80 bits per heavy atom. The monoisotopic (exact) mass is 282 g/mol. The molecule has 112 valence electrons. The minimum Gasteiger partial charge on any atom is -0.496 e. The van der Waals surface area contributed by atoms with Gasteiger partial charge in [-0.2, -0.15) is 0 Å². The molecule has 1 rings (SSSR count). The summed E-state index contributed by atoms with van der Waals surface area (Å²) in [5.41, 5.74) is 7.02. The van der Waals surface area contributed by atoms with Crippen LogP contribution in [0.15, 0.2) is 18.2 Å². The molecule has 6 heteroatoms. The van der Waals surface area contributed by atoms with Crippen molar-refractivity contribution in [1.82, 2.24) is 0 Å². The van der Waals surface area contributed by atoms with Crippen molar-refractivity contribution in [3.05, 3.63) is 29.3 Å². The van der Waals surface area contributed by atoms with Crippen molar-refractivity contribution in [1.29, 1.82) is 5.41 Å². The van der Waals surface area contributed by atoms with Gasteiger partial charge in [0.2, 0.25) is 0 Å². The number of methoxy groups -OCH3 is 2. The molecule has 0 unspecified atom stereocenters. The van der Waals surface area contributed by atoms with Gasteiger partial charge >= 0.3 is 0 Å². The molecule has 0 aliphatic carbocycles. The van der Waals surface area contributed by atoms with E-state index in [1.165, 1.54) is 0 Å². The van der Waals surface area contributed by atoms with Crippen LogP contribution in [0.25, 0.3) is 0 Å². The number of nitrogens with two attached hydrogens (primary N) is 1. The molecule has 0 amide bonds. The lowest BCUT2D eigenvalue weighted by atomic mass is 10.1. The molecule has 0 aromatic heterocycles. The molecule has 0 atom stereocenters. The van der Waals surface area contributed by atoms with Crippen molar-refractivity contribution in [2.45, 2.75) is 6.61 Å². The number of hydrogen-bond donors (Lipinski definition) is 2. The van der Waals surface area contributed by atoms with Gasteiger partial charge in [0.25, 0.3) is 0 Å². The number of nitrogen functional groups attached to an aromatic ring is 1. The average Bonchev–Trinajstić information content (AvgIpc) is 2.46. The lowest BCUT2D eigenvalue weighted by molar-refractivity contribution is 0.0199. The van der Waals surface area contributed by atoms with Crippen LogP contribution in [-0.4, -0.2) is 46.5 Å². The average molecular weight is 282 g/mol. The first-order valence-electron chi connectivity index (χ1n) is 6.34. The fourth-order valence-corrected chi connectivity index (χ4v) is 1.61. The van der Waals surface area contributed by atoms with Gasteiger partial charge in [-0.3, -0.25) is 5.41 Å². The van der Waals surface area contributed by atoms with Crippen LogP contribution in [0, 0.1) is 5.41 Å². The van der Waals surface area contributed by atoms with Crippen LogP contribution in [0.4, 0.5) is 0 Å². The highest BCUT2D eigenvalue weighted by atomic mass is 16.5. The summed E-state index contributed by atoms with van der Waals surface area (Å²) in [5, 5.41) is 7.51. The van der Waals surface area contributed by atoms with Crippen molar-refractivity contribution in [3.8, 4) is 5.75 Å². The summed E-state index contributed by atoms with van der Waals surface area (Å²) in [5.74, 6) is 0.566. The Morgan fingerprint density at radius 1 is 1.10 bits per heavy atom. The molecule has 0 radical (unpaired) electrons. The van der Waals surface area contributed by atoms with Crippen LogP contribution in [-0.2, 0) is 20.8 Å². The van der Waals surface area contributed by atoms with Gasteiger partial charge in [0, 0.05) is 7.11 Å². The lowest BCUT2D eigenvalue weighted by Crippen LogP contribution is -2.13. The summed E-state index contributed by atoms with van der Waals surface area (Å²) in [4.78, 5) is 0. The van der Waals surface area contributed by atoms with Crippen LogP contribution in [0.2, 0.25) is 0 Å². The SMILES string of the molecule is COCCOCCOCc1ccc(OC)c(C(=N)N)c1. The van der Waals surface area contributed by atoms with Crippen molar-refractivity contribution < 1.29 is 18.9 Å². The highest BCUT2D eigenvalue weighted by Crippen LogP contribution is 2.19. The molecule has 0 spiro atoms. The number of hydrogen-bond acceptors (Lipinski definition) is 5. The summed E-state index contributed by atoms with van der Waals surface area (Å²) < 4.78 is 20.8. The molecule has 1 aromatic rings. The molecule has 0 bridgehead atoms. The molecule has 0 saturated heterocycles. The van der Waals surface area contributed by atoms with Gasteiger partial charge in [-0.05, 0) is 17.7 Å². The third-order valence-electron chi connectivity index (χ3n) is 2.63. The Bertz CT molecular complexity index is 424. The number of rotatable bonds is 10. The second-order valence-electron chi connectivity index (χ2n) is 4.11. The topological polar surface area (TPSA) is 86.8 Å². The molecular weight excluding hydrogens is 260 g/mol. The number of amidine groups is 1. The molecule has 20 heavy (non-hydrogen) atoms. The summed E-state index contributed by atoms with van der Waals surface area (Å²) >= 11 is 0. The van der Waals surface area contributed by atoms with Crippen LogP contribution >= 0.6 is 0 Å². The second kappa shape index (κ2) is 9.30. The first-order valence-corrected chi connectivity index (χ1v) is 6.34. The summed E-state index contributed by atoms with van der Waals surface area (Å²) in [7, 11) is 3.19. The largest absolute Gasteiger partial charge is 0.496 e. The first kappa shape index (κ1) is 16.4. The Labute approximate surface area is 119 Å². The minimum atomic E-state index is -0.0217. The smallest absolute Gasteiger partial charge is 0.129 e. The minimum absolute atomic E-state index is 0.0217. The quantitative estimate of drug-likeness (QED) is 0.382. The predicted molar refractivity (Wildman–Crippen MR) is 76.4 cm³/mol. The van der Waals surface area contributed by atoms with Crippen LogP contribution < -0.4 is 10.5 Å². The van der Waals surface area contributed by atoms with Crippen molar-refractivity contribution in [3.63, 3.8) is 0 Å². The lowest BCUT2D eigenvalue weighted by Gasteiger charge is -2.10. The summed E-state index contributed by atoms with van der Waals surface area (Å²) in [6.45, 7) is 2.62. The first-order chi connectivity index (χ1) is 9.69. The summed E-state index contributed by atoms with van der Waals surface area (Å²) in [6, 6.07) is 5.47. The molecule has 0 saturated carbocycles. The molecule has 0 fully saturated rings. The third kappa shape index (κ3) is 5.56. The second-order valence-corrected chi connectivity index (χ2v) is 4.11. The molecule has 3 N–H and O–H groups in total. The standard InChI is InChI=1S/C14H22N2O4/c1-17-5-6-19-7-8-20-10-11-3-4-13(18-2)12(9-11)14(15)16/h3-4,9H,5-8,10H2,1-2H3,(H3,15,16). The van der Waals surface area contributed by atoms with Crippen LogP contribution in [0.5, 0.6) is 5.75 Å². The van der Waals surface area contributed by atoms with E-state index < -0.39 is 0 Å². The van der Waals surface area contributed by atoms with Crippen LogP contribution in [0.1, 0.15) is 11.1 Å². The maximum Gasteiger partial charge on any atom is 0.129 e. The molecule has 0 aliphatic rings. The van der Waals surface area contributed by atoms with E-state index in [4.69, 9.17) is 30.1 Å². The third-order valence-corrected chi connectivity index (χ3v) is 2.63. The molecule has 0 aliphatic heterocycles. The van der Waals surface area contributed by atoms with E-state index >= 15 is 0 Å². The van der Waals surface area contributed by atoms with E-state index in [1.54, 1.807) is 26.4 Å². The zero-order chi connectivity index (χ0) is 14.8. The Balaban J connectivity index is 2.37. The Morgan fingerprint density at radius 3 is 2.45 bits per heavy atom. The van der Waals surface area contributed by atoms with Gasteiger partial charge in [0.15, 0.2) is 0 Å².